The number of ether oxygens (including phenoxy) is 1. The predicted octanol–water partition coefficient (Wildman–Crippen LogP) is 5.43. The van der Waals surface area contributed by atoms with Crippen molar-refractivity contribution in [2.24, 2.45) is 0 Å². The maximum absolute atomic E-state index is 12.8. The number of carbonyl (C=O) groups excluding carboxylic acids is 1. The second kappa shape index (κ2) is 7.78. The van der Waals surface area contributed by atoms with Gasteiger partial charge in [0.15, 0.2) is 0 Å². The first-order chi connectivity index (χ1) is 14.3. The smallest absolute Gasteiger partial charge is 0.416 e. The van der Waals surface area contributed by atoms with Crippen LogP contribution in [0.15, 0.2) is 66.9 Å². The molecule has 0 bridgehead atoms. The topological polar surface area (TPSA) is 67.4 Å². The van der Waals surface area contributed by atoms with Gasteiger partial charge in [-0.3, -0.25) is 0 Å². The van der Waals surface area contributed by atoms with Crippen molar-refractivity contribution in [2.45, 2.75) is 45.4 Å². The van der Waals surface area contributed by atoms with Crippen LogP contribution in [0.25, 0.3) is 0 Å². The minimum Gasteiger partial charge on any atom is -0.440 e. The normalized spacial score (nSPS) is 18.7. The Kier molecular flexibility index (Phi) is 5.16. The van der Waals surface area contributed by atoms with Crippen molar-refractivity contribution in [1.82, 2.24) is 9.97 Å². The SMILES string of the molecule is Cc1ccc(C2N(c3ccnc(NC(C)c4ccccc4)n3)C(=O)OC2(C)C)cc1. The van der Waals surface area contributed by atoms with E-state index in [-0.39, 0.29) is 12.1 Å². The number of hydrogen-bond acceptors (Lipinski definition) is 5. The van der Waals surface area contributed by atoms with Gasteiger partial charge < -0.3 is 10.1 Å². The summed E-state index contributed by atoms with van der Waals surface area (Å²) < 4.78 is 5.71. The van der Waals surface area contributed by atoms with Crippen LogP contribution < -0.4 is 10.2 Å². The molecule has 0 saturated carbocycles. The molecule has 1 aliphatic rings. The Hall–Kier alpha value is -3.41. The van der Waals surface area contributed by atoms with E-state index in [1.165, 1.54) is 0 Å². The van der Waals surface area contributed by atoms with Gasteiger partial charge in [-0.1, -0.05) is 60.2 Å². The maximum Gasteiger partial charge on any atom is 0.416 e. The Balaban J connectivity index is 1.65. The van der Waals surface area contributed by atoms with Crippen LogP contribution in [0.1, 0.15) is 49.5 Å². The van der Waals surface area contributed by atoms with E-state index in [1.54, 1.807) is 17.2 Å². The van der Waals surface area contributed by atoms with E-state index in [9.17, 15) is 4.79 Å². The van der Waals surface area contributed by atoms with Gasteiger partial charge in [-0.25, -0.2) is 14.7 Å². The second-order valence-corrected chi connectivity index (χ2v) is 8.17. The van der Waals surface area contributed by atoms with E-state index in [2.05, 4.69) is 27.4 Å². The highest BCUT2D eigenvalue weighted by molar-refractivity contribution is 5.90. The fraction of sp³-hybridized carbons (Fsp3) is 0.292. The van der Waals surface area contributed by atoms with E-state index in [0.29, 0.717) is 11.8 Å². The van der Waals surface area contributed by atoms with Gasteiger partial charge in [-0.15, -0.1) is 0 Å². The maximum atomic E-state index is 12.8. The molecule has 1 fully saturated rings. The highest BCUT2D eigenvalue weighted by Crippen LogP contribution is 2.43. The lowest BCUT2D eigenvalue weighted by molar-refractivity contribution is 0.0685. The minimum absolute atomic E-state index is 0.0244. The molecule has 6 heteroatoms. The van der Waals surface area contributed by atoms with Gasteiger partial charge in [0, 0.05) is 6.20 Å². The average molecular weight is 402 g/mol. The summed E-state index contributed by atoms with van der Waals surface area (Å²) in [6.07, 6.45) is 1.25. The fourth-order valence-corrected chi connectivity index (χ4v) is 3.84. The summed E-state index contributed by atoms with van der Waals surface area (Å²) >= 11 is 0. The van der Waals surface area contributed by atoms with Gasteiger partial charge in [-0.05, 0) is 44.9 Å². The summed E-state index contributed by atoms with van der Waals surface area (Å²) in [5.74, 6) is 0.970. The van der Waals surface area contributed by atoms with Gasteiger partial charge in [0.05, 0.1) is 6.04 Å². The zero-order valence-electron chi connectivity index (χ0n) is 17.7. The number of benzene rings is 2. The predicted molar refractivity (Wildman–Crippen MR) is 117 cm³/mol. The molecule has 0 spiro atoms. The second-order valence-electron chi connectivity index (χ2n) is 8.17. The van der Waals surface area contributed by atoms with Gasteiger partial charge in [0.1, 0.15) is 17.5 Å². The highest BCUT2D eigenvalue weighted by atomic mass is 16.6. The number of rotatable bonds is 5. The molecule has 0 radical (unpaired) electrons. The van der Waals surface area contributed by atoms with E-state index < -0.39 is 11.7 Å². The summed E-state index contributed by atoms with van der Waals surface area (Å²) in [5, 5.41) is 3.32. The molecule has 154 valence electrons. The summed E-state index contributed by atoms with van der Waals surface area (Å²) in [5.41, 5.74) is 2.60. The third-order valence-corrected chi connectivity index (χ3v) is 5.39. The number of amides is 1. The monoisotopic (exact) mass is 402 g/mol. The molecule has 6 nitrogen and oxygen atoms in total. The van der Waals surface area contributed by atoms with Crippen molar-refractivity contribution in [2.75, 3.05) is 10.2 Å². The van der Waals surface area contributed by atoms with Crippen LogP contribution in [0.4, 0.5) is 16.6 Å². The van der Waals surface area contributed by atoms with Gasteiger partial charge in [0.25, 0.3) is 0 Å². The number of aryl methyl sites for hydroxylation is 1. The largest absolute Gasteiger partial charge is 0.440 e. The van der Waals surface area contributed by atoms with Crippen molar-refractivity contribution in [1.29, 1.82) is 0 Å². The average Bonchev–Trinajstić information content (AvgIpc) is 2.97. The van der Waals surface area contributed by atoms with Crippen molar-refractivity contribution >= 4 is 17.9 Å². The Labute approximate surface area is 176 Å². The number of aromatic nitrogens is 2. The van der Waals surface area contributed by atoms with Crippen LogP contribution in [0, 0.1) is 6.92 Å². The highest BCUT2D eigenvalue weighted by Gasteiger charge is 2.49. The minimum atomic E-state index is -0.692. The zero-order valence-corrected chi connectivity index (χ0v) is 17.7. The quantitative estimate of drug-likeness (QED) is 0.616. The number of carbonyl (C=O) groups is 1. The molecule has 2 heterocycles. The van der Waals surface area contributed by atoms with Crippen molar-refractivity contribution in [3.63, 3.8) is 0 Å². The Morgan fingerprint density at radius 1 is 1.07 bits per heavy atom. The third-order valence-electron chi connectivity index (χ3n) is 5.39. The van der Waals surface area contributed by atoms with Gasteiger partial charge in [-0.2, -0.15) is 4.98 Å². The number of hydrogen-bond donors (Lipinski definition) is 1. The molecule has 3 aromatic rings. The van der Waals surface area contributed by atoms with Crippen LogP contribution in [0.5, 0.6) is 0 Å². The third kappa shape index (κ3) is 3.85. The van der Waals surface area contributed by atoms with Crippen LogP contribution >= 0.6 is 0 Å². The van der Waals surface area contributed by atoms with Crippen LogP contribution in [0.2, 0.25) is 0 Å². The summed E-state index contributed by atoms with van der Waals surface area (Å²) in [6.45, 7) is 7.94. The first-order valence-corrected chi connectivity index (χ1v) is 10.1. The molecular formula is C24H26N4O2. The number of cyclic esters (lactones) is 1. The van der Waals surface area contributed by atoms with Crippen LogP contribution in [-0.4, -0.2) is 21.7 Å². The molecular weight excluding hydrogens is 376 g/mol. The lowest BCUT2D eigenvalue weighted by atomic mass is 9.91. The Morgan fingerprint density at radius 3 is 2.47 bits per heavy atom. The summed E-state index contributed by atoms with van der Waals surface area (Å²) in [7, 11) is 0. The van der Waals surface area contributed by atoms with E-state index in [0.717, 1.165) is 16.7 Å². The molecule has 1 aromatic heterocycles. The Bertz CT molecular complexity index is 1030. The van der Waals surface area contributed by atoms with Crippen molar-refractivity contribution in [3.05, 3.63) is 83.6 Å². The molecule has 2 unspecified atom stereocenters. The molecule has 4 rings (SSSR count). The summed E-state index contributed by atoms with van der Waals surface area (Å²) in [4.78, 5) is 23.4. The van der Waals surface area contributed by atoms with E-state index in [4.69, 9.17) is 4.74 Å². The van der Waals surface area contributed by atoms with Gasteiger partial charge in [0.2, 0.25) is 5.95 Å². The molecule has 1 saturated heterocycles. The molecule has 2 aromatic carbocycles. The lowest BCUT2D eigenvalue weighted by Crippen LogP contribution is -2.34. The molecule has 0 aliphatic carbocycles. The Morgan fingerprint density at radius 2 is 1.77 bits per heavy atom. The van der Waals surface area contributed by atoms with Crippen LogP contribution in [-0.2, 0) is 4.74 Å². The van der Waals surface area contributed by atoms with Crippen molar-refractivity contribution < 1.29 is 9.53 Å². The molecule has 2 atom stereocenters. The van der Waals surface area contributed by atoms with Gasteiger partial charge >= 0.3 is 6.09 Å². The first-order valence-electron chi connectivity index (χ1n) is 10.1. The number of nitrogens with one attached hydrogen (secondary N) is 1. The molecule has 30 heavy (non-hydrogen) atoms. The molecule has 1 amide bonds. The number of anilines is 2. The van der Waals surface area contributed by atoms with E-state index >= 15 is 0 Å². The van der Waals surface area contributed by atoms with Crippen LogP contribution in [0.3, 0.4) is 0 Å². The zero-order chi connectivity index (χ0) is 21.3. The standard InChI is InChI=1S/C24H26N4O2/c1-16-10-12-19(13-11-16)21-24(3,4)30-23(29)28(21)20-14-15-25-22(27-20)26-17(2)18-8-6-5-7-9-18/h5-15,17,21H,1-4H3,(H,25,26,27). The number of nitrogens with zero attached hydrogens (tertiary/aromatic N) is 3. The van der Waals surface area contributed by atoms with E-state index in [1.807, 2.05) is 70.2 Å². The van der Waals surface area contributed by atoms with Crippen molar-refractivity contribution in [3.8, 4) is 0 Å². The lowest BCUT2D eigenvalue weighted by Gasteiger charge is -2.29. The first kappa shape index (κ1) is 19.9. The fourth-order valence-electron chi connectivity index (χ4n) is 3.84. The molecule has 1 N–H and O–H groups in total. The summed E-state index contributed by atoms with van der Waals surface area (Å²) in [6, 6.07) is 19.7. The molecule has 1 aliphatic heterocycles.